The number of benzene rings is 4. The van der Waals surface area contributed by atoms with Crippen LogP contribution < -0.4 is 16.1 Å². The molecule has 5 heteroatoms. The van der Waals surface area contributed by atoms with Crippen molar-refractivity contribution >= 4 is 41.2 Å². The molecule has 0 saturated heterocycles. The Morgan fingerprint density at radius 1 is 0.645 bits per heavy atom. The zero-order chi connectivity index (χ0) is 21.4. The molecule has 31 heavy (non-hydrogen) atoms. The summed E-state index contributed by atoms with van der Waals surface area (Å²) in [6.45, 7) is 0. The van der Waals surface area contributed by atoms with E-state index in [2.05, 4.69) is 46.7 Å². The van der Waals surface area contributed by atoms with Crippen molar-refractivity contribution in [2.75, 3.05) is 0 Å². The quantitative estimate of drug-likeness (QED) is 0.147. The van der Waals surface area contributed by atoms with Gasteiger partial charge in [0.1, 0.15) is 0 Å². The summed E-state index contributed by atoms with van der Waals surface area (Å²) >= 11 is -4.05. The summed E-state index contributed by atoms with van der Waals surface area (Å²) in [6.07, 6.45) is 1.99. The second kappa shape index (κ2) is 9.96. The summed E-state index contributed by atoms with van der Waals surface area (Å²) < 4.78 is 10.3. The average Bonchev–Trinajstić information content (AvgIpc) is 2.85. The molecule has 0 aromatic heterocycles. The molecule has 0 amide bonds. The number of hydrogen-bond donors (Lipinski definition) is 1. The average molecular weight is 510 g/mol. The van der Waals surface area contributed by atoms with Crippen LogP contribution in [0.25, 0.3) is 0 Å². The first-order valence-corrected chi connectivity index (χ1v) is 15.4. The molecule has 150 valence electrons. The van der Waals surface area contributed by atoms with Crippen LogP contribution in [0.15, 0.2) is 126 Å². The molecule has 0 bridgehead atoms. The number of aliphatic imine (C=N–C) groups is 1. The Kier molecular flexibility index (Phi) is 6.65. The standard InChI is InChI=1S/C8H7N3O.3C6H5.Sn/c9-6-10-8(12)11-7-4-2-1-3-5-7;3*1-2-4-6-5-3-1;/h1-5H,(H2,10,11,12);3*1-5H;/q;;;;+1/p-1. The van der Waals surface area contributed by atoms with Gasteiger partial charge in [0, 0.05) is 0 Å². The van der Waals surface area contributed by atoms with E-state index in [1.807, 2.05) is 91.1 Å². The van der Waals surface area contributed by atoms with Gasteiger partial charge in [-0.05, 0) is 0 Å². The van der Waals surface area contributed by atoms with Crippen molar-refractivity contribution in [1.29, 1.82) is 5.26 Å². The van der Waals surface area contributed by atoms with E-state index in [1.165, 1.54) is 0 Å². The summed E-state index contributed by atoms with van der Waals surface area (Å²) in [5.41, 5.74) is 0.717. The number of para-hydroxylation sites is 1. The van der Waals surface area contributed by atoms with E-state index < -0.39 is 18.8 Å². The van der Waals surface area contributed by atoms with Gasteiger partial charge in [-0.3, -0.25) is 0 Å². The molecule has 0 unspecified atom stereocenters. The van der Waals surface area contributed by atoms with Crippen LogP contribution in [0, 0.1) is 11.5 Å². The Morgan fingerprint density at radius 3 is 1.42 bits per heavy atom. The molecule has 4 aromatic rings. The van der Waals surface area contributed by atoms with E-state index in [9.17, 15) is 5.26 Å². The fourth-order valence-electron chi connectivity index (χ4n) is 3.58. The van der Waals surface area contributed by atoms with E-state index >= 15 is 0 Å². The first kappa shape index (κ1) is 20.7. The van der Waals surface area contributed by atoms with Crippen LogP contribution in [0.3, 0.4) is 0 Å². The third-order valence-electron chi connectivity index (χ3n) is 4.94. The van der Waals surface area contributed by atoms with E-state index in [4.69, 9.17) is 3.07 Å². The Bertz CT molecular complexity index is 1080. The van der Waals surface area contributed by atoms with Crippen LogP contribution in [0.4, 0.5) is 5.69 Å². The van der Waals surface area contributed by atoms with Crippen molar-refractivity contribution in [2.24, 2.45) is 4.99 Å². The van der Waals surface area contributed by atoms with Gasteiger partial charge >= 0.3 is 187 Å². The van der Waals surface area contributed by atoms with Gasteiger partial charge in [0.15, 0.2) is 0 Å². The van der Waals surface area contributed by atoms with Crippen molar-refractivity contribution < 1.29 is 3.07 Å². The van der Waals surface area contributed by atoms with Gasteiger partial charge in [-0.1, -0.05) is 0 Å². The van der Waals surface area contributed by atoms with Crippen LogP contribution >= 0.6 is 0 Å². The molecular formula is C26H21N3OSn. The molecule has 0 saturated carbocycles. The number of nitriles is 1. The fourth-order valence-corrected chi connectivity index (χ4v) is 14.2. The fraction of sp³-hybridized carbons (Fsp3) is 0. The van der Waals surface area contributed by atoms with Crippen LogP contribution in [-0.4, -0.2) is 24.8 Å². The molecule has 0 aliphatic rings. The Morgan fingerprint density at radius 2 is 1.03 bits per heavy atom. The molecule has 4 aromatic carbocycles. The predicted octanol–water partition coefficient (Wildman–Crippen LogP) is 3.43. The second-order valence-electron chi connectivity index (χ2n) is 6.87. The topological polar surface area (TPSA) is 57.4 Å². The Hall–Kier alpha value is -3.56. The number of hydrogen-bond acceptors (Lipinski definition) is 3. The summed E-state index contributed by atoms with van der Waals surface area (Å²) in [4.78, 5) is 4.62. The summed E-state index contributed by atoms with van der Waals surface area (Å²) in [5.74, 6) is 0. The van der Waals surface area contributed by atoms with Crippen molar-refractivity contribution in [1.82, 2.24) is 5.32 Å². The van der Waals surface area contributed by atoms with Gasteiger partial charge in [0.25, 0.3) is 0 Å². The van der Waals surface area contributed by atoms with Crippen molar-refractivity contribution in [3.63, 3.8) is 0 Å². The normalized spacial score (nSPS) is 11.4. The van der Waals surface area contributed by atoms with E-state index in [-0.39, 0.29) is 6.02 Å². The Labute approximate surface area is 186 Å². The molecular weight excluding hydrogens is 489 g/mol. The minimum absolute atomic E-state index is 0.209. The van der Waals surface area contributed by atoms with E-state index in [0.717, 1.165) is 16.4 Å². The first-order valence-electron chi connectivity index (χ1n) is 9.97. The van der Waals surface area contributed by atoms with Crippen LogP contribution in [-0.2, 0) is 3.07 Å². The van der Waals surface area contributed by atoms with Gasteiger partial charge in [0.2, 0.25) is 0 Å². The summed E-state index contributed by atoms with van der Waals surface area (Å²) in [7, 11) is 0. The van der Waals surface area contributed by atoms with Crippen molar-refractivity contribution in [3.8, 4) is 6.19 Å². The third-order valence-corrected chi connectivity index (χ3v) is 16.2. The third kappa shape index (κ3) is 4.62. The van der Waals surface area contributed by atoms with Crippen LogP contribution in [0.5, 0.6) is 0 Å². The molecule has 0 aliphatic carbocycles. The molecule has 4 rings (SSSR count). The van der Waals surface area contributed by atoms with E-state index in [1.54, 1.807) is 0 Å². The molecule has 0 aliphatic heterocycles. The summed E-state index contributed by atoms with van der Waals surface area (Å²) in [6, 6.07) is 40.6. The molecule has 1 N–H and O–H groups in total. The molecule has 0 atom stereocenters. The monoisotopic (exact) mass is 511 g/mol. The van der Waals surface area contributed by atoms with Gasteiger partial charge < -0.3 is 0 Å². The predicted molar refractivity (Wildman–Crippen MR) is 127 cm³/mol. The molecule has 0 heterocycles. The van der Waals surface area contributed by atoms with Crippen molar-refractivity contribution in [2.45, 2.75) is 0 Å². The Balaban J connectivity index is 1.95. The number of rotatable bonds is 5. The second-order valence-corrected chi connectivity index (χ2v) is 16.3. The van der Waals surface area contributed by atoms with E-state index in [0.29, 0.717) is 0 Å². The molecule has 0 radical (unpaired) electrons. The zero-order valence-electron chi connectivity index (χ0n) is 16.8. The van der Waals surface area contributed by atoms with Crippen LogP contribution in [0.2, 0.25) is 0 Å². The maximum atomic E-state index is 9.42. The van der Waals surface area contributed by atoms with Gasteiger partial charge in [-0.15, -0.1) is 0 Å². The maximum absolute atomic E-state index is 9.42. The summed E-state index contributed by atoms with van der Waals surface area (Å²) in [5, 5.41) is 12.1. The zero-order valence-corrected chi connectivity index (χ0v) is 19.7. The number of nitrogens with one attached hydrogen (secondary N) is 1. The van der Waals surface area contributed by atoms with Crippen LogP contribution in [0.1, 0.15) is 0 Å². The van der Waals surface area contributed by atoms with Gasteiger partial charge in [0.05, 0.1) is 0 Å². The number of nitrogens with zero attached hydrogens (tertiary/aromatic N) is 2. The first-order chi connectivity index (χ1) is 15.3. The number of amidine groups is 1. The molecule has 4 nitrogen and oxygen atoms in total. The molecule has 0 fully saturated rings. The SMILES string of the molecule is N#CNC(=Nc1ccccc1)[O][Sn]([c]1ccccc1)([c]1ccccc1)[c]1ccccc1. The molecule has 0 spiro atoms. The van der Waals surface area contributed by atoms with Crippen molar-refractivity contribution in [3.05, 3.63) is 121 Å². The van der Waals surface area contributed by atoms with Gasteiger partial charge in [-0.2, -0.15) is 0 Å². The minimum atomic E-state index is -4.05. The van der Waals surface area contributed by atoms with Gasteiger partial charge in [-0.25, -0.2) is 0 Å².